The SMILES string of the molecule is CCC(O)CN1CCN(CC(=O)OC(C)(C)C)CCN(CC(=O)OC(C)(C)C)CCN(CC(=O)OC(C)(C)C)CC1. The van der Waals surface area contributed by atoms with Crippen molar-refractivity contribution in [1.29, 1.82) is 0 Å². The fraction of sp³-hybridized carbons (Fsp3) is 0.900. The lowest BCUT2D eigenvalue weighted by atomic mass is 10.2. The molecule has 0 radical (unpaired) electrons. The number of ether oxygens (including phenoxy) is 3. The highest BCUT2D eigenvalue weighted by Crippen LogP contribution is 2.11. The Morgan fingerprint density at radius 2 is 0.805 bits per heavy atom. The van der Waals surface area contributed by atoms with Crippen LogP contribution in [0.1, 0.15) is 75.7 Å². The molecule has 0 aromatic rings. The molecule has 1 heterocycles. The normalized spacial score (nSPS) is 19.1. The lowest BCUT2D eigenvalue weighted by Crippen LogP contribution is -2.50. The summed E-state index contributed by atoms with van der Waals surface area (Å²) in [5.74, 6) is -0.916. The van der Waals surface area contributed by atoms with E-state index in [0.29, 0.717) is 65.3 Å². The lowest BCUT2D eigenvalue weighted by Gasteiger charge is -2.35. The van der Waals surface area contributed by atoms with Crippen LogP contribution in [-0.4, -0.2) is 144 Å². The first-order chi connectivity index (χ1) is 18.7. The van der Waals surface area contributed by atoms with Gasteiger partial charge in [-0.2, -0.15) is 0 Å². The molecule has 11 heteroatoms. The fourth-order valence-electron chi connectivity index (χ4n) is 4.33. The largest absolute Gasteiger partial charge is 0.459 e. The molecule has 1 saturated heterocycles. The Morgan fingerprint density at radius 1 is 0.561 bits per heavy atom. The molecule has 1 aliphatic heterocycles. The summed E-state index contributed by atoms with van der Waals surface area (Å²) in [5.41, 5.74) is -1.76. The van der Waals surface area contributed by atoms with Gasteiger partial charge in [0.05, 0.1) is 25.7 Å². The molecule has 0 bridgehead atoms. The number of β-amino-alcohol motifs (C(OH)–C–C–N with tert-alkyl or cyclic N) is 1. The number of nitrogens with zero attached hydrogens (tertiary/aromatic N) is 4. The second kappa shape index (κ2) is 16.7. The number of hydrogen-bond acceptors (Lipinski definition) is 11. The number of esters is 3. The van der Waals surface area contributed by atoms with Crippen molar-refractivity contribution in [3.8, 4) is 0 Å². The summed E-state index contributed by atoms with van der Waals surface area (Å²) in [7, 11) is 0. The van der Waals surface area contributed by atoms with Gasteiger partial charge in [-0.15, -0.1) is 0 Å². The molecular formula is C30H58N4O7. The molecule has 1 fully saturated rings. The van der Waals surface area contributed by atoms with Crippen molar-refractivity contribution in [2.24, 2.45) is 0 Å². The first kappa shape index (κ1) is 37.2. The van der Waals surface area contributed by atoms with Crippen molar-refractivity contribution in [2.75, 3.05) is 78.5 Å². The molecule has 0 aromatic heterocycles. The number of rotatable bonds is 9. The van der Waals surface area contributed by atoms with Gasteiger partial charge in [-0.3, -0.25) is 34.0 Å². The highest BCUT2D eigenvalue weighted by molar-refractivity contribution is 5.73. The van der Waals surface area contributed by atoms with E-state index in [2.05, 4.69) is 4.90 Å². The highest BCUT2D eigenvalue weighted by Gasteiger charge is 2.25. The molecule has 240 valence electrons. The molecule has 1 aliphatic rings. The van der Waals surface area contributed by atoms with Crippen LogP contribution in [-0.2, 0) is 28.6 Å². The maximum atomic E-state index is 12.7. The Kier molecular flexibility index (Phi) is 15.2. The van der Waals surface area contributed by atoms with E-state index in [1.165, 1.54) is 0 Å². The predicted molar refractivity (Wildman–Crippen MR) is 160 cm³/mol. The smallest absolute Gasteiger partial charge is 0.320 e. The van der Waals surface area contributed by atoms with E-state index in [-0.39, 0.29) is 37.5 Å². The van der Waals surface area contributed by atoms with Gasteiger partial charge in [0, 0.05) is 58.9 Å². The monoisotopic (exact) mass is 586 g/mol. The molecule has 1 atom stereocenters. The number of carbonyl (C=O) groups is 3. The zero-order chi connectivity index (χ0) is 31.4. The Balaban J connectivity index is 3.15. The Labute approximate surface area is 248 Å². The maximum absolute atomic E-state index is 12.7. The second-order valence-corrected chi connectivity index (χ2v) is 14.0. The molecule has 0 spiro atoms. The first-order valence-electron chi connectivity index (χ1n) is 15.0. The molecule has 1 unspecified atom stereocenters. The third kappa shape index (κ3) is 19.1. The van der Waals surface area contributed by atoms with Gasteiger partial charge < -0.3 is 19.3 Å². The Hall–Kier alpha value is -1.79. The number of aliphatic hydroxyl groups excluding tert-OH is 1. The van der Waals surface area contributed by atoms with Gasteiger partial charge in [-0.1, -0.05) is 6.92 Å². The summed E-state index contributed by atoms with van der Waals surface area (Å²) in [6, 6.07) is 0. The van der Waals surface area contributed by atoms with Gasteiger partial charge in [-0.25, -0.2) is 0 Å². The zero-order valence-corrected chi connectivity index (χ0v) is 27.5. The minimum Gasteiger partial charge on any atom is -0.459 e. The Bertz CT molecular complexity index is 771. The Morgan fingerprint density at radius 3 is 1.02 bits per heavy atom. The van der Waals surface area contributed by atoms with Crippen molar-refractivity contribution < 1.29 is 33.7 Å². The van der Waals surface area contributed by atoms with Crippen LogP contribution < -0.4 is 0 Å². The van der Waals surface area contributed by atoms with Crippen molar-refractivity contribution in [3.05, 3.63) is 0 Å². The van der Waals surface area contributed by atoms with Crippen LogP contribution in [0.15, 0.2) is 0 Å². The summed E-state index contributed by atoms with van der Waals surface area (Å²) < 4.78 is 16.7. The molecule has 41 heavy (non-hydrogen) atoms. The summed E-state index contributed by atoms with van der Waals surface area (Å²) >= 11 is 0. The molecule has 1 rings (SSSR count). The van der Waals surface area contributed by atoms with Crippen molar-refractivity contribution in [2.45, 2.75) is 98.6 Å². The van der Waals surface area contributed by atoms with E-state index in [1.54, 1.807) is 0 Å². The highest BCUT2D eigenvalue weighted by atomic mass is 16.6. The van der Waals surface area contributed by atoms with Crippen molar-refractivity contribution in [3.63, 3.8) is 0 Å². The topological polar surface area (TPSA) is 112 Å². The quantitative estimate of drug-likeness (QED) is 0.316. The summed E-state index contributed by atoms with van der Waals surface area (Å²) in [6.07, 6.45) is 0.171. The molecular weight excluding hydrogens is 528 g/mol. The zero-order valence-electron chi connectivity index (χ0n) is 27.5. The van der Waals surface area contributed by atoms with Crippen LogP contribution >= 0.6 is 0 Å². The van der Waals surface area contributed by atoms with Gasteiger partial charge in [0.1, 0.15) is 16.8 Å². The fourth-order valence-corrected chi connectivity index (χ4v) is 4.33. The molecule has 0 aliphatic carbocycles. The average Bonchev–Trinajstić information content (AvgIpc) is 2.76. The van der Waals surface area contributed by atoms with E-state index in [0.717, 1.165) is 0 Å². The second-order valence-electron chi connectivity index (χ2n) is 14.0. The third-order valence-corrected chi connectivity index (χ3v) is 6.19. The van der Waals surface area contributed by atoms with Gasteiger partial charge in [0.2, 0.25) is 0 Å². The van der Waals surface area contributed by atoms with E-state index in [4.69, 9.17) is 14.2 Å². The predicted octanol–water partition coefficient (Wildman–Crippen LogP) is 2.00. The third-order valence-electron chi connectivity index (χ3n) is 6.19. The van der Waals surface area contributed by atoms with Crippen molar-refractivity contribution in [1.82, 2.24) is 19.6 Å². The van der Waals surface area contributed by atoms with Crippen LogP contribution in [0.2, 0.25) is 0 Å². The van der Waals surface area contributed by atoms with E-state index >= 15 is 0 Å². The molecule has 0 saturated carbocycles. The lowest BCUT2D eigenvalue weighted by molar-refractivity contribution is -0.158. The minimum absolute atomic E-state index is 0.104. The molecule has 11 nitrogen and oxygen atoms in total. The average molecular weight is 587 g/mol. The van der Waals surface area contributed by atoms with Crippen LogP contribution in [0.3, 0.4) is 0 Å². The van der Waals surface area contributed by atoms with Gasteiger partial charge in [0.25, 0.3) is 0 Å². The van der Waals surface area contributed by atoms with E-state index in [9.17, 15) is 19.5 Å². The van der Waals surface area contributed by atoms with E-state index in [1.807, 2.05) is 83.9 Å². The standard InChI is InChI=1S/C30H58N4O7/c1-11-24(35)20-31-12-14-32(21-25(36)39-28(2,3)4)16-18-34(23-27(38)41-30(8,9)10)19-17-33(15-13-31)22-26(37)40-29(5,6)7/h24,35H,11-23H2,1-10H3. The number of aliphatic hydroxyl groups is 1. The molecule has 0 aromatic carbocycles. The summed E-state index contributed by atoms with van der Waals surface area (Å²) in [5, 5.41) is 10.4. The number of carbonyl (C=O) groups excluding carboxylic acids is 3. The van der Waals surface area contributed by atoms with Crippen LogP contribution in [0.25, 0.3) is 0 Å². The van der Waals surface area contributed by atoms with Gasteiger partial charge in [0.15, 0.2) is 0 Å². The van der Waals surface area contributed by atoms with Crippen molar-refractivity contribution >= 4 is 17.9 Å². The van der Waals surface area contributed by atoms with Gasteiger partial charge >= 0.3 is 17.9 Å². The summed E-state index contributed by atoms with van der Waals surface area (Å²) in [6.45, 7) is 24.0. The molecule has 0 amide bonds. The maximum Gasteiger partial charge on any atom is 0.320 e. The first-order valence-corrected chi connectivity index (χ1v) is 15.0. The number of hydrogen-bond donors (Lipinski definition) is 1. The molecule has 1 N–H and O–H groups in total. The summed E-state index contributed by atoms with van der Waals surface area (Å²) in [4.78, 5) is 46.4. The van der Waals surface area contributed by atoms with Crippen LogP contribution in [0.5, 0.6) is 0 Å². The van der Waals surface area contributed by atoms with Crippen LogP contribution in [0, 0.1) is 0 Å². The minimum atomic E-state index is -0.596. The van der Waals surface area contributed by atoms with Crippen LogP contribution in [0.4, 0.5) is 0 Å². The van der Waals surface area contributed by atoms with E-state index < -0.39 is 22.9 Å². The van der Waals surface area contributed by atoms with Gasteiger partial charge in [-0.05, 0) is 68.7 Å².